The highest BCUT2D eigenvalue weighted by Gasteiger charge is 2.22. The number of aromatic nitrogens is 4. The van der Waals surface area contributed by atoms with Gasteiger partial charge in [-0.1, -0.05) is 12.1 Å². The molecule has 7 nitrogen and oxygen atoms in total. The minimum Gasteiger partial charge on any atom is -0.470 e. The third kappa shape index (κ3) is 5.01. The van der Waals surface area contributed by atoms with Crippen LogP contribution in [0.5, 0.6) is 11.8 Å². The van der Waals surface area contributed by atoms with Gasteiger partial charge in [-0.3, -0.25) is 14.9 Å². The van der Waals surface area contributed by atoms with E-state index in [-0.39, 0.29) is 6.10 Å². The first-order valence-corrected chi connectivity index (χ1v) is 9.47. The Kier molecular flexibility index (Phi) is 6.04. The van der Waals surface area contributed by atoms with Crippen LogP contribution in [0, 0.1) is 0 Å². The average molecular weight is 377 g/mol. The molecule has 0 unspecified atom stereocenters. The van der Waals surface area contributed by atoms with E-state index in [1.165, 1.54) is 5.56 Å². The van der Waals surface area contributed by atoms with E-state index in [9.17, 15) is 0 Å². The van der Waals surface area contributed by atoms with Crippen LogP contribution >= 0.6 is 0 Å². The predicted molar refractivity (Wildman–Crippen MR) is 104 cm³/mol. The fraction of sp³-hybridized carbons (Fsp3) is 0.333. The van der Waals surface area contributed by atoms with E-state index >= 15 is 0 Å². The Morgan fingerprint density at radius 2 is 1.54 bits per heavy atom. The summed E-state index contributed by atoms with van der Waals surface area (Å²) in [7, 11) is 0. The molecule has 28 heavy (non-hydrogen) atoms. The van der Waals surface area contributed by atoms with Crippen molar-refractivity contribution in [3.05, 3.63) is 72.6 Å². The molecule has 1 aliphatic heterocycles. The van der Waals surface area contributed by atoms with Gasteiger partial charge in [0.1, 0.15) is 12.7 Å². The van der Waals surface area contributed by atoms with Crippen molar-refractivity contribution in [1.82, 2.24) is 24.8 Å². The maximum atomic E-state index is 6.12. The third-order valence-corrected chi connectivity index (χ3v) is 4.67. The molecule has 7 heteroatoms. The van der Waals surface area contributed by atoms with Crippen molar-refractivity contribution in [2.45, 2.75) is 32.1 Å². The van der Waals surface area contributed by atoms with Gasteiger partial charge < -0.3 is 9.47 Å². The molecule has 0 radical (unpaired) electrons. The molecule has 4 rings (SSSR count). The molecular weight excluding hydrogens is 354 g/mol. The van der Waals surface area contributed by atoms with Gasteiger partial charge in [0.05, 0.1) is 0 Å². The van der Waals surface area contributed by atoms with Gasteiger partial charge in [-0.05, 0) is 30.5 Å². The van der Waals surface area contributed by atoms with Crippen LogP contribution in [-0.4, -0.2) is 44.0 Å². The van der Waals surface area contributed by atoms with Crippen LogP contribution in [0.2, 0.25) is 0 Å². The molecule has 0 bridgehead atoms. The summed E-state index contributed by atoms with van der Waals surface area (Å²) in [5, 5.41) is 0. The summed E-state index contributed by atoms with van der Waals surface area (Å²) < 4.78 is 11.9. The van der Waals surface area contributed by atoms with Crippen LogP contribution in [0.15, 0.2) is 61.4 Å². The molecular formula is C21H23N5O2. The van der Waals surface area contributed by atoms with Gasteiger partial charge in [0, 0.05) is 62.4 Å². The molecule has 0 atom stereocenters. The van der Waals surface area contributed by atoms with Gasteiger partial charge in [-0.15, -0.1) is 0 Å². The molecule has 3 aromatic heterocycles. The zero-order valence-electron chi connectivity index (χ0n) is 15.6. The summed E-state index contributed by atoms with van der Waals surface area (Å²) in [6, 6.07) is 7.93. The highest BCUT2D eigenvalue weighted by Crippen LogP contribution is 2.25. The van der Waals surface area contributed by atoms with Gasteiger partial charge >= 0.3 is 0 Å². The molecule has 0 aliphatic carbocycles. The van der Waals surface area contributed by atoms with Gasteiger partial charge in [-0.2, -0.15) is 0 Å². The SMILES string of the molecule is c1cncc(COc2nccnc2OC2CCN(Cc3cccnc3)CC2)c1. The molecule has 1 fully saturated rings. The van der Waals surface area contributed by atoms with Crippen molar-refractivity contribution in [3.63, 3.8) is 0 Å². The molecule has 1 aliphatic rings. The zero-order chi connectivity index (χ0) is 19.0. The van der Waals surface area contributed by atoms with Gasteiger partial charge in [0.15, 0.2) is 0 Å². The predicted octanol–water partition coefficient (Wildman–Crippen LogP) is 2.89. The highest BCUT2D eigenvalue weighted by atomic mass is 16.5. The van der Waals surface area contributed by atoms with Crippen LogP contribution < -0.4 is 9.47 Å². The fourth-order valence-electron chi connectivity index (χ4n) is 3.22. The number of pyridine rings is 2. The normalized spacial score (nSPS) is 15.3. The Labute approximate surface area is 164 Å². The first kappa shape index (κ1) is 18.3. The van der Waals surface area contributed by atoms with E-state index in [1.807, 2.05) is 24.4 Å². The summed E-state index contributed by atoms with van der Waals surface area (Å²) in [5.74, 6) is 0.876. The topological polar surface area (TPSA) is 73.3 Å². The van der Waals surface area contributed by atoms with E-state index in [2.05, 4.69) is 30.9 Å². The maximum absolute atomic E-state index is 6.12. The van der Waals surface area contributed by atoms with Crippen molar-refractivity contribution in [3.8, 4) is 11.8 Å². The number of ether oxygens (including phenoxy) is 2. The minimum atomic E-state index is 0.114. The van der Waals surface area contributed by atoms with Gasteiger partial charge in [-0.25, -0.2) is 9.97 Å². The van der Waals surface area contributed by atoms with E-state index in [1.54, 1.807) is 31.0 Å². The lowest BCUT2D eigenvalue weighted by Gasteiger charge is -2.31. The molecule has 0 amide bonds. The van der Waals surface area contributed by atoms with Crippen LogP contribution in [0.3, 0.4) is 0 Å². The number of hydrogen-bond donors (Lipinski definition) is 0. The van der Waals surface area contributed by atoms with Crippen LogP contribution in [-0.2, 0) is 13.2 Å². The van der Waals surface area contributed by atoms with Gasteiger partial charge in [0.25, 0.3) is 11.8 Å². The molecule has 3 aromatic rings. The van der Waals surface area contributed by atoms with E-state index in [0.29, 0.717) is 18.4 Å². The Balaban J connectivity index is 1.30. The second-order valence-electron chi connectivity index (χ2n) is 6.77. The van der Waals surface area contributed by atoms with E-state index in [4.69, 9.17) is 9.47 Å². The Morgan fingerprint density at radius 3 is 2.21 bits per heavy atom. The molecule has 0 aromatic carbocycles. The lowest BCUT2D eigenvalue weighted by Crippen LogP contribution is -2.38. The maximum Gasteiger partial charge on any atom is 0.278 e. The number of likely N-dealkylation sites (tertiary alicyclic amines) is 1. The van der Waals surface area contributed by atoms with Crippen LogP contribution in [0.25, 0.3) is 0 Å². The lowest BCUT2D eigenvalue weighted by molar-refractivity contribution is 0.0882. The summed E-state index contributed by atoms with van der Waals surface area (Å²) in [6.45, 7) is 3.26. The molecule has 1 saturated heterocycles. The van der Waals surface area contributed by atoms with Crippen LogP contribution in [0.1, 0.15) is 24.0 Å². The Hall–Kier alpha value is -3.06. The minimum absolute atomic E-state index is 0.114. The third-order valence-electron chi connectivity index (χ3n) is 4.67. The molecule has 0 spiro atoms. The lowest BCUT2D eigenvalue weighted by atomic mass is 10.1. The van der Waals surface area contributed by atoms with E-state index in [0.717, 1.165) is 38.0 Å². The Bertz CT molecular complexity index is 855. The fourth-order valence-corrected chi connectivity index (χ4v) is 3.22. The standard InChI is InChI=1S/C21H23N5O2/c1-3-17(13-22-7-1)15-26-11-5-19(6-12-26)28-21-20(24-9-10-25-21)27-16-18-4-2-8-23-14-18/h1-4,7-10,13-14,19H,5-6,11-12,15-16H2. The second-order valence-corrected chi connectivity index (χ2v) is 6.77. The molecule has 0 N–H and O–H groups in total. The monoisotopic (exact) mass is 377 g/mol. The summed E-state index contributed by atoms with van der Waals surface area (Å²) >= 11 is 0. The number of piperidine rings is 1. The quantitative estimate of drug-likeness (QED) is 0.627. The second kappa shape index (κ2) is 9.23. The van der Waals surface area contributed by atoms with Crippen molar-refractivity contribution in [2.75, 3.05) is 13.1 Å². The molecule has 4 heterocycles. The molecule has 0 saturated carbocycles. The van der Waals surface area contributed by atoms with Crippen molar-refractivity contribution in [2.24, 2.45) is 0 Å². The van der Waals surface area contributed by atoms with Crippen LogP contribution in [0.4, 0.5) is 0 Å². The zero-order valence-corrected chi connectivity index (χ0v) is 15.6. The molecule has 144 valence electrons. The van der Waals surface area contributed by atoms with Crippen molar-refractivity contribution in [1.29, 1.82) is 0 Å². The highest BCUT2D eigenvalue weighted by molar-refractivity contribution is 5.25. The Morgan fingerprint density at radius 1 is 0.857 bits per heavy atom. The number of hydrogen-bond acceptors (Lipinski definition) is 7. The smallest absolute Gasteiger partial charge is 0.278 e. The summed E-state index contributed by atoms with van der Waals surface area (Å²) in [6.07, 6.45) is 12.5. The van der Waals surface area contributed by atoms with Gasteiger partial charge in [0.2, 0.25) is 0 Å². The summed E-state index contributed by atoms with van der Waals surface area (Å²) in [4.78, 5) is 19.3. The first-order valence-electron chi connectivity index (χ1n) is 9.47. The number of rotatable bonds is 7. The number of nitrogens with zero attached hydrogens (tertiary/aromatic N) is 5. The van der Waals surface area contributed by atoms with Crippen molar-refractivity contribution >= 4 is 0 Å². The van der Waals surface area contributed by atoms with Crippen molar-refractivity contribution < 1.29 is 9.47 Å². The van der Waals surface area contributed by atoms with E-state index < -0.39 is 0 Å². The summed E-state index contributed by atoms with van der Waals surface area (Å²) in [5.41, 5.74) is 2.21. The largest absolute Gasteiger partial charge is 0.470 e. The average Bonchev–Trinajstić information content (AvgIpc) is 2.76. The first-order chi connectivity index (χ1) is 13.9.